The van der Waals surface area contributed by atoms with Gasteiger partial charge in [-0.2, -0.15) is 0 Å². The van der Waals surface area contributed by atoms with E-state index in [2.05, 4.69) is 68.2 Å². The van der Waals surface area contributed by atoms with Crippen LogP contribution in [0.5, 0.6) is 0 Å². The molecular formula is C18H31N3. The molecule has 2 rings (SSSR count). The van der Waals surface area contributed by atoms with E-state index < -0.39 is 0 Å². The van der Waals surface area contributed by atoms with E-state index in [-0.39, 0.29) is 0 Å². The van der Waals surface area contributed by atoms with Crippen LogP contribution in [-0.2, 0) is 0 Å². The largest absolute Gasteiger partial charge is 0.309 e. The van der Waals surface area contributed by atoms with Gasteiger partial charge in [0.1, 0.15) is 0 Å². The predicted octanol–water partition coefficient (Wildman–Crippen LogP) is 2.59. The molecule has 2 atom stereocenters. The van der Waals surface area contributed by atoms with Gasteiger partial charge >= 0.3 is 0 Å². The van der Waals surface area contributed by atoms with Gasteiger partial charge in [-0.15, -0.1) is 0 Å². The van der Waals surface area contributed by atoms with E-state index in [1.807, 2.05) is 0 Å². The van der Waals surface area contributed by atoms with Crippen LogP contribution >= 0.6 is 0 Å². The van der Waals surface area contributed by atoms with E-state index >= 15 is 0 Å². The molecule has 1 aliphatic heterocycles. The molecule has 2 unspecified atom stereocenters. The standard InChI is InChI=1S/C18H31N3/c1-6-9-19-18(16-8-7-14(2)15(3)12-16)17-13-20(4)10-11-21(17)5/h7-8,12,17-19H,6,9-11,13H2,1-5H3. The molecule has 1 aliphatic rings. The monoisotopic (exact) mass is 289 g/mol. The first-order valence-electron chi connectivity index (χ1n) is 8.22. The molecule has 3 nitrogen and oxygen atoms in total. The number of benzene rings is 1. The van der Waals surface area contributed by atoms with Gasteiger partial charge < -0.3 is 10.2 Å². The van der Waals surface area contributed by atoms with Gasteiger partial charge in [-0.05, 0) is 57.6 Å². The molecular weight excluding hydrogens is 258 g/mol. The van der Waals surface area contributed by atoms with Crippen molar-refractivity contribution < 1.29 is 0 Å². The van der Waals surface area contributed by atoms with Crippen molar-refractivity contribution in [3.63, 3.8) is 0 Å². The quantitative estimate of drug-likeness (QED) is 0.899. The lowest BCUT2D eigenvalue weighted by Crippen LogP contribution is -2.55. The minimum atomic E-state index is 0.414. The Kier molecular flexibility index (Phi) is 5.80. The molecule has 1 aromatic rings. The molecule has 1 fully saturated rings. The average Bonchev–Trinajstić information content (AvgIpc) is 2.46. The Labute approximate surface area is 130 Å². The highest BCUT2D eigenvalue weighted by Crippen LogP contribution is 2.25. The fourth-order valence-corrected chi connectivity index (χ4v) is 3.14. The van der Waals surface area contributed by atoms with Crippen LogP contribution in [0.4, 0.5) is 0 Å². The lowest BCUT2D eigenvalue weighted by atomic mass is 9.93. The van der Waals surface area contributed by atoms with Crippen LogP contribution < -0.4 is 5.32 Å². The molecule has 0 saturated carbocycles. The molecule has 0 amide bonds. The Bertz CT molecular complexity index is 458. The van der Waals surface area contributed by atoms with Crippen molar-refractivity contribution in [1.29, 1.82) is 0 Å². The van der Waals surface area contributed by atoms with Crippen molar-refractivity contribution in [1.82, 2.24) is 15.1 Å². The molecule has 0 spiro atoms. The predicted molar refractivity (Wildman–Crippen MR) is 90.9 cm³/mol. The summed E-state index contributed by atoms with van der Waals surface area (Å²) in [6.45, 7) is 11.2. The van der Waals surface area contributed by atoms with E-state index in [9.17, 15) is 0 Å². The summed E-state index contributed by atoms with van der Waals surface area (Å²) in [6.07, 6.45) is 1.17. The number of nitrogens with zero attached hydrogens (tertiary/aromatic N) is 2. The Morgan fingerprint density at radius 1 is 1.19 bits per heavy atom. The summed E-state index contributed by atoms with van der Waals surface area (Å²) in [5.41, 5.74) is 4.20. The summed E-state index contributed by atoms with van der Waals surface area (Å²) in [5, 5.41) is 3.78. The summed E-state index contributed by atoms with van der Waals surface area (Å²) >= 11 is 0. The zero-order valence-electron chi connectivity index (χ0n) is 14.3. The number of rotatable bonds is 5. The van der Waals surface area contributed by atoms with Crippen molar-refractivity contribution >= 4 is 0 Å². The van der Waals surface area contributed by atoms with E-state index in [0.717, 1.165) is 19.6 Å². The first-order chi connectivity index (χ1) is 10.0. The highest BCUT2D eigenvalue weighted by Gasteiger charge is 2.30. The van der Waals surface area contributed by atoms with Crippen molar-refractivity contribution in [3.05, 3.63) is 34.9 Å². The normalized spacial score (nSPS) is 22.4. The Morgan fingerprint density at radius 3 is 2.62 bits per heavy atom. The van der Waals surface area contributed by atoms with Gasteiger partial charge in [0.25, 0.3) is 0 Å². The molecule has 1 saturated heterocycles. The second-order valence-corrected chi connectivity index (χ2v) is 6.59. The summed E-state index contributed by atoms with van der Waals surface area (Å²) < 4.78 is 0. The minimum Gasteiger partial charge on any atom is -0.309 e. The fourth-order valence-electron chi connectivity index (χ4n) is 3.14. The topological polar surface area (TPSA) is 18.5 Å². The lowest BCUT2D eigenvalue weighted by molar-refractivity contribution is 0.0876. The van der Waals surface area contributed by atoms with Crippen LogP contribution in [0, 0.1) is 13.8 Å². The highest BCUT2D eigenvalue weighted by molar-refractivity contribution is 5.32. The summed E-state index contributed by atoms with van der Waals surface area (Å²) in [6, 6.07) is 7.88. The van der Waals surface area contributed by atoms with Crippen LogP contribution in [0.2, 0.25) is 0 Å². The minimum absolute atomic E-state index is 0.414. The number of nitrogens with one attached hydrogen (secondary N) is 1. The molecule has 0 aliphatic carbocycles. The van der Waals surface area contributed by atoms with Crippen LogP contribution in [0.15, 0.2) is 18.2 Å². The van der Waals surface area contributed by atoms with Crippen molar-refractivity contribution in [2.45, 2.75) is 39.3 Å². The average molecular weight is 289 g/mol. The summed E-state index contributed by atoms with van der Waals surface area (Å²) in [4.78, 5) is 4.97. The van der Waals surface area contributed by atoms with Crippen LogP contribution in [0.3, 0.4) is 0 Å². The highest BCUT2D eigenvalue weighted by atomic mass is 15.3. The third kappa shape index (κ3) is 4.06. The summed E-state index contributed by atoms with van der Waals surface area (Å²) in [7, 11) is 4.50. The third-order valence-corrected chi connectivity index (χ3v) is 4.79. The van der Waals surface area contributed by atoms with Gasteiger partial charge in [-0.3, -0.25) is 4.90 Å². The van der Waals surface area contributed by atoms with E-state index in [1.165, 1.54) is 29.7 Å². The molecule has 1 N–H and O–H groups in total. The fraction of sp³-hybridized carbons (Fsp3) is 0.667. The maximum atomic E-state index is 3.78. The molecule has 21 heavy (non-hydrogen) atoms. The molecule has 1 aromatic carbocycles. The second-order valence-electron chi connectivity index (χ2n) is 6.59. The Morgan fingerprint density at radius 2 is 1.95 bits per heavy atom. The second kappa shape index (κ2) is 7.39. The van der Waals surface area contributed by atoms with Gasteiger partial charge in [0.15, 0.2) is 0 Å². The smallest absolute Gasteiger partial charge is 0.0490 e. The number of likely N-dealkylation sites (N-methyl/N-ethyl adjacent to an activating group) is 2. The number of piperazine rings is 1. The first-order valence-corrected chi connectivity index (χ1v) is 8.22. The van der Waals surface area contributed by atoms with Gasteiger partial charge in [-0.25, -0.2) is 0 Å². The maximum absolute atomic E-state index is 3.78. The summed E-state index contributed by atoms with van der Waals surface area (Å²) in [5.74, 6) is 0. The number of hydrogen-bond acceptors (Lipinski definition) is 3. The molecule has 3 heteroatoms. The van der Waals surface area contributed by atoms with Crippen LogP contribution in [0.25, 0.3) is 0 Å². The third-order valence-electron chi connectivity index (χ3n) is 4.79. The van der Waals surface area contributed by atoms with Crippen molar-refractivity contribution in [3.8, 4) is 0 Å². The number of aryl methyl sites for hydroxylation is 2. The van der Waals surface area contributed by atoms with E-state index in [0.29, 0.717) is 12.1 Å². The molecule has 0 radical (unpaired) electrons. The Balaban J connectivity index is 2.25. The lowest BCUT2D eigenvalue weighted by Gasteiger charge is -2.42. The Hall–Kier alpha value is -0.900. The van der Waals surface area contributed by atoms with Crippen LogP contribution in [-0.4, -0.2) is 56.1 Å². The van der Waals surface area contributed by atoms with Crippen LogP contribution in [0.1, 0.15) is 36.1 Å². The molecule has 118 valence electrons. The van der Waals surface area contributed by atoms with Gasteiger partial charge in [-0.1, -0.05) is 25.1 Å². The maximum Gasteiger partial charge on any atom is 0.0490 e. The molecule has 0 bridgehead atoms. The van der Waals surface area contributed by atoms with Gasteiger partial charge in [0.2, 0.25) is 0 Å². The molecule has 0 aromatic heterocycles. The first kappa shape index (κ1) is 16.5. The van der Waals surface area contributed by atoms with Gasteiger partial charge in [0.05, 0.1) is 0 Å². The van der Waals surface area contributed by atoms with Crippen molar-refractivity contribution in [2.75, 3.05) is 40.3 Å². The zero-order valence-corrected chi connectivity index (χ0v) is 14.3. The zero-order chi connectivity index (χ0) is 15.4. The SMILES string of the molecule is CCCNC(c1ccc(C)c(C)c1)C1CN(C)CCN1C. The van der Waals surface area contributed by atoms with E-state index in [4.69, 9.17) is 0 Å². The number of hydrogen-bond donors (Lipinski definition) is 1. The van der Waals surface area contributed by atoms with Crippen molar-refractivity contribution in [2.24, 2.45) is 0 Å². The molecule has 1 heterocycles. The van der Waals surface area contributed by atoms with E-state index in [1.54, 1.807) is 0 Å². The van der Waals surface area contributed by atoms with Gasteiger partial charge in [0, 0.05) is 31.7 Å².